The molecule has 0 saturated heterocycles. The van der Waals surface area contributed by atoms with E-state index in [4.69, 9.17) is 10.5 Å². The summed E-state index contributed by atoms with van der Waals surface area (Å²) in [7, 11) is 0. The van der Waals surface area contributed by atoms with E-state index in [9.17, 15) is 9.59 Å². The molecule has 0 aromatic carbocycles. The van der Waals surface area contributed by atoms with Gasteiger partial charge in [0.15, 0.2) is 0 Å². The van der Waals surface area contributed by atoms with Gasteiger partial charge in [-0.05, 0) is 53.4 Å². The highest BCUT2D eigenvalue weighted by Gasteiger charge is 2.38. The van der Waals surface area contributed by atoms with E-state index in [0.29, 0.717) is 0 Å². The first kappa shape index (κ1) is 21.7. The Labute approximate surface area is 152 Å². The smallest absolute Gasteiger partial charge is 0.410 e. The molecule has 0 bridgehead atoms. The number of nitrogens with two attached hydrogens (primary N) is 1. The number of carbonyl (C=O) groups is 2. The first-order valence-electron chi connectivity index (χ1n) is 9.51. The summed E-state index contributed by atoms with van der Waals surface area (Å²) in [4.78, 5) is 26.9. The van der Waals surface area contributed by atoms with E-state index >= 15 is 0 Å². The van der Waals surface area contributed by atoms with Crippen LogP contribution in [0.25, 0.3) is 0 Å². The van der Waals surface area contributed by atoms with E-state index in [2.05, 4.69) is 5.32 Å². The second-order valence-corrected chi connectivity index (χ2v) is 8.72. The van der Waals surface area contributed by atoms with Crippen molar-refractivity contribution in [1.29, 1.82) is 0 Å². The number of amides is 2. The molecule has 6 nitrogen and oxygen atoms in total. The fourth-order valence-corrected chi connectivity index (χ4v) is 3.24. The van der Waals surface area contributed by atoms with Crippen molar-refractivity contribution in [3.05, 3.63) is 0 Å². The second kappa shape index (κ2) is 8.88. The van der Waals surface area contributed by atoms with E-state index in [-0.39, 0.29) is 36.0 Å². The zero-order valence-electron chi connectivity index (χ0n) is 17.0. The minimum Gasteiger partial charge on any atom is -0.444 e. The number of nitrogens with zero attached hydrogens (tertiary/aromatic N) is 1. The van der Waals surface area contributed by atoms with Crippen molar-refractivity contribution in [1.82, 2.24) is 10.2 Å². The Kier molecular flexibility index (Phi) is 7.72. The first-order valence-corrected chi connectivity index (χ1v) is 9.51. The Morgan fingerprint density at radius 3 is 2.16 bits per heavy atom. The predicted octanol–water partition coefficient (Wildman–Crippen LogP) is 3.04. The third kappa shape index (κ3) is 6.49. The van der Waals surface area contributed by atoms with E-state index in [1.54, 1.807) is 4.90 Å². The van der Waals surface area contributed by atoms with Crippen LogP contribution in [0, 0.1) is 5.92 Å². The standard InChI is InChI=1S/C19H37N3O3/c1-12(2)16(20)17(23)21-14-10-8-9-11-15(14)22(13(3)4)18(24)25-19(5,6)7/h12-16H,8-11,20H2,1-7H3,(H,21,23)/t14-,15+,16-/m0/s1. The molecular formula is C19H37N3O3. The Morgan fingerprint density at radius 1 is 1.12 bits per heavy atom. The summed E-state index contributed by atoms with van der Waals surface area (Å²) in [6.07, 6.45) is 3.48. The Hall–Kier alpha value is -1.30. The molecule has 146 valence electrons. The van der Waals surface area contributed by atoms with Crippen molar-refractivity contribution >= 4 is 12.0 Å². The van der Waals surface area contributed by atoms with Gasteiger partial charge in [-0.3, -0.25) is 4.79 Å². The molecule has 6 heteroatoms. The van der Waals surface area contributed by atoms with Gasteiger partial charge in [0, 0.05) is 12.1 Å². The third-order valence-electron chi connectivity index (χ3n) is 4.60. The third-order valence-corrected chi connectivity index (χ3v) is 4.60. The van der Waals surface area contributed by atoms with E-state index < -0.39 is 11.6 Å². The van der Waals surface area contributed by atoms with Crippen molar-refractivity contribution in [2.75, 3.05) is 0 Å². The number of nitrogens with one attached hydrogen (secondary N) is 1. The predicted molar refractivity (Wildman–Crippen MR) is 100 cm³/mol. The molecule has 1 aliphatic rings. The van der Waals surface area contributed by atoms with Crippen molar-refractivity contribution < 1.29 is 14.3 Å². The zero-order valence-corrected chi connectivity index (χ0v) is 17.0. The van der Waals surface area contributed by atoms with E-state index in [0.717, 1.165) is 25.7 Å². The van der Waals surface area contributed by atoms with Gasteiger partial charge >= 0.3 is 6.09 Å². The lowest BCUT2D eigenvalue weighted by molar-refractivity contribution is -0.124. The maximum Gasteiger partial charge on any atom is 0.410 e. The zero-order chi connectivity index (χ0) is 19.4. The number of ether oxygens (including phenoxy) is 1. The van der Waals surface area contributed by atoms with Gasteiger partial charge in [0.05, 0.1) is 12.1 Å². The fourth-order valence-electron chi connectivity index (χ4n) is 3.24. The molecule has 0 spiro atoms. The normalized spacial score (nSPS) is 22.6. The molecule has 1 aliphatic carbocycles. The van der Waals surface area contributed by atoms with Crippen LogP contribution in [0.15, 0.2) is 0 Å². The molecule has 0 unspecified atom stereocenters. The Bertz CT molecular complexity index is 457. The van der Waals surface area contributed by atoms with Crippen LogP contribution in [0.5, 0.6) is 0 Å². The highest BCUT2D eigenvalue weighted by Crippen LogP contribution is 2.27. The summed E-state index contributed by atoms with van der Waals surface area (Å²) in [5.74, 6) is -0.0612. The average Bonchev–Trinajstić information content (AvgIpc) is 2.45. The van der Waals surface area contributed by atoms with Crippen LogP contribution >= 0.6 is 0 Å². The van der Waals surface area contributed by atoms with Gasteiger partial charge in [-0.1, -0.05) is 26.7 Å². The summed E-state index contributed by atoms with van der Waals surface area (Å²) in [5.41, 5.74) is 5.44. The average molecular weight is 356 g/mol. The van der Waals surface area contributed by atoms with Gasteiger partial charge < -0.3 is 20.7 Å². The van der Waals surface area contributed by atoms with Crippen LogP contribution in [0.4, 0.5) is 4.79 Å². The molecule has 0 heterocycles. The summed E-state index contributed by atoms with van der Waals surface area (Å²) < 4.78 is 5.60. The molecule has 1 saturated carbocycles. The monoisotopic (exact) mass is 355 g/mol. The maximum atomic E-state index is 12.7. The summed E-state index contributed by atoms with van der Waals surface area (Å²) in [5, 5.41) is 3.09. The molecule has 25 heavy (non-hydrogen) atoms. The number of rotatable bonds is 5. The van der Waals surface area contributed by atoms with Gasteiger partial charge in [0.1, 0.15) is 5.60 Å². The second-order valence-electron chi connectivity index (χ2n) is 8.72. The lowest BCUT2D eigenvalue weighted by Crippen LogP contribution is -2.59. The van der Waals surface area contributed by atoms with Crippen molar-refractivity contribution in [2.24, 2.45) is 11.7 Å². The van der Waals surface area contributed by atoms with Gasteiger partial charge in [-0.25, -0.2) is 4.79 Å². The maximum absolute atomic E-state index is 12.7. The van der Waals surface area contributed by atoms with Crippen molar-refractivity contribution in [3.63, 3.8) is 0 Å². The van der Waals surface area contributed by atoms with E-state index in [1.165, 1.54) is 0 Å². The van der Waals surface area contributed by atoms with Crippen LogP contribution in [-0.2, 0) is 9.53 Å². The van der Waals surface area contributed by atoms with Crippen LogP contribution in [0.2, 0.25) is 0 Å². The van der Waals surface area contributed by atoms with Crippen molar-refractivity contribution in [3.8, 4) is 0 Å². The lowest BCUT2D eigenvalue weighted by atomic mass is 9.88. The molecule has 0 aromatic rings. The molecule has 2 amide bonds. The molecule has 3 N–H and O–H groups in total. The summed E-state index contributed by atoms with van der Waals surface area (Å²) >= 11 is 0. The molecular weight excluding hydrogens is 318 g/mol. The molecule has 1 fully saturated rings. The minimum atomic E-state index is -0.544. The van der Waals surface area contributed by atoms with E-state index in [1.807, 2.05) is 48.5 Å². The van der Waals surface area contributed by atoms with Crippen molar-refractivity contribution in [2.45, 2.75) is 104 Å². The van der Waals surface area contributed by atoms with Gasteiger partial charge in [0.25, 0.3) is 0 Å². The topological polar surface area (TPSA) is 84.7 Å². The lowest BCUT2D eigenvalue weighted by Gasteiger charge is -2.43. The summed E-state index contributed by atoms with van der Waals surface area (Å²) in [6.45, 7) is 13.4. The van der Waals surface area contributed by atoms with Crippen LogP contribution in [0.1, 0.15) is 74.1 Å². The largest absolute Gasteiger partial charge is 0.444 e. The molecule has 0 aliphatic heterocycles. The quantitative estimate of drug-likeness (QED) is 0.794. The molecule has 0 aromatic heterocycles. The molecule has 0 radical (unpaired) electrons. The fraction of sp³-hybridized carbons (Fsp3) is 0.895. The number of hydrogen-bond donors (Lipinski definition) is 2. The van der Waals surface area contributed by atoms with Gasteiger partial charge in [-0.15, -0.1) is 0 Å². The number of carbonyl (C=O) groups excluding carboxylic acids is 2. The van der Waals surface area contributed by atoms with Gasteiger partial charge in [0.2, 0.25) is 5.91 Å². The minimum absolute atomic E-state index is 0.00359. The number of hydrogen-bond acceptors (Lipinski definition) is 4. The van der Waals surface area contributed by atoms with Crippen LogP contribution in [0.3, 0.4) is 0 Å². The van der Waals surface area contributed by atoms with Gasteiger partial charge in [-0.2, -0.15) is 0 Å². The SMILES string of the molecule is CC(C)[C@H](N)C(=O)N[C@H]1CCCC[C@H]1N(C(=O)OC(C)(C)C)C(C)C. The first-order chi connectivity index (χ1) is 11.4. The Morgan fingerprint density at radius 2 is 1.68 bits per heavy atom. The summed E-state index contributed by atoms with van der Waals surface area (Å²) in [6, 6.07) is -0.680. The highest BCUT2D eigenvalue weighted by molar-refractivity contribution is 5.82. The Balaban J connectivity index is 2.94. The highest BCUT2D eigenvalue weighted by atomic mass is 16.6. The molecule has 3 atom stereocenters. The van der Waals surface area contributed by atoms with Crippen LogP contribution < -0.4 is 11.1 Å². The molecule has 1 rings (SSSR count). The van der Waals surface area contributed by atoms with Crippen LogP contribution in [-0.4, -0.2) is 46.7 Å².